The van der Waals surface area contributed by atoms with E-state index >= 15 is 0 Å². The minimum Gasteiger partial charge on any atom is -0.103 e. The maximum Gasteiger partial charge on any atom is 0.00887 e. The molecule has 0 aromatic rings. The van der Waals surface area contributed by atoms with E-state index in [-0.39, 0.29) is 0 Å². The van der Waals surface area contributed by atoms with Crippen LogP contribution in [0.2, 0.25) is 0 Å². The second kappa shape index (κ2) is 14.0. The highest BCUT2D eigenvalue weighted by molar-refractivity contribution is 4.98. The van der Waals surface area contributed by atoms with Crippen LogP contribution in [0.15, 0.2) is 0 Å². The summed E-state index contributed by atoms with van der Waals surface area (Å²) >= 11 is 0. The fraction of sp³-hybridized carbons (Fsp3) is 0.789. The summed E-state index contributed by atoms with van der Waals surface area (Å²) in [6.07, 6.45) is 13.4. The molecule has 0 aliphatic rings. The molecule has 0 rings (SSSR count). The standard InChI is InChI=1S/C19H34/c1-5-8-10-11-12-13-14-15-18(4)17-19(7-3)16-9-6-2/h18-19H,1-2,5-10,13-17H2,3-4H3. The van der Waals surface area contributed by atoms with Crippen LogP contribution in [0.5, 0.6) is 0 Å². The third-order valence-electron chi connectivity index (χ3n) is 3.85. The summed E-state index contributed by atoms with van der Waals surface area (Å²) in [7, 11) is 0. The van der Waals surface area contributed by atoms with Crippen molar-refractivity contribution in [3.63, 3.8) is 0 Å². The van der Waals surface area contributed by atoms with Gasteiger partial charge in [-0.3, -0.25) is 0 Å². The molecule has 2 radical (unpaired) electrons. The van der Waals surface area contributed by atoms with E-state index in [1.54, 1.807) is 0 Å². The molecule has 0 N–H and O–H groups in total. The largest absolute Gasteiger partial charge is 0.103 e. The van der Waals surface area contributed by atoms with Crippen molar-refractivity contribution < 1.29 is 0 Å². The summed E-state index contributed by atoms with van der Waals surface area (Å²) < 4.78 is 0. The Hall–Kier alpha value is -0.440. The first kappa shape index (κ1) is 18.6. The van der Waals surface area contributed by atoms with Crippen molar-refractivity contribution in [3.8, 4) is 11.8 Å². The molecule has 0 aliphatic heterocycles. The zero-order valence-corrected chi connectivity index (χ0v) is 13.3. The SMILES string of the molecule is [CH2]CCCC#CCCCC(C)CC(CC)CCC[CH2]. The van der Waals surface area contributed by atoms with E-state index in [2.05, 4.69) is 39.5 Å². The number of rotatable bonds is 11. The Bertz CT molecular complexity index is 230. The second-order valence-electron chi connectivity index (χ2n) is 5.81. The zero-order valence-electron chi connectivity index (χ0n) is 13.3. The number of unbranched alkanes of at least 4 members (excludes halogenated alkanes) is 4. The Morgan fingerprint density at radius 1 is 0.895 bits per heavy atom. The Kier molecular flexibility index (Phi) is 13.7. The van der Waals surface area contributed by atoms with Gasteiger partial charge in [-0.1, -0.05) is 59.8 Å². The van der Waals surface area contributed by atoms with E-state index in [0.717, 1.165) is 43.9 Å². The highest BCUT2D eigenvalue weighted by Crippen LogP contribution is 2.24. The summed E-state index contributed by atoms with van der Waals surface area (Å²) in [4.78, 5) is 0. The van der Waals surface area contributed by atoms with Gasteiger partial charge in [0.15, 0.2) is 0 Å². The molecule has 0 nitrogen and oxygen atoms in total. The maximum atomic E-state index is 3.94. The topological polar surface area (TPSA) is 0 Å². The zero-order chi connectivity index (χ0) is 14.3. The molecule has 0 amide bonds. The van der Waals surface area contributed by atoms with Crippen molar-refractivity contribution in [2.45, 2.75) is 84.5 Å². The molecule has 2 atom stereocenters. The van der Waals surface area contributed by atoms with Gasteiger partial charge in [0.05, 0.1) is 0 Å². The van der Waals surface area contributed by atoms with E-state index < -0.39 is 0 Å². The molecule has 0 bridgehead atoms. The first-order valence-corrected chi connectivity index (χ1v) is 8.28. The highest BCUT2D eigenvalue weighted by Gasteiger charge is 2.10. The molecule has 110 valence electrons. The van der Waals surface area contributed by atoms with Crippen molar-refractivity contribution in [1.82, 2.24) is 0 Å². The van der Waals surface area contributed by atoms with Crippen LogP contribution in [-0.4, -0.2) is 0 Å². The molecule has 0 aromatic heterocycles. The minimum absolute atomic E-state index is 0.858. The fourth-order valence-corrected chi connectivity index (χ4v) is 2.54. The Morgan fingerprint density at radius 2 is 1.53 bits per heavy atom. The molecular formula is C19H34. The van der Waals surface area contributed by atoms with E-state index in [1.165, 1.54) is 38.5 Å². The van der Waals surface area contributed by atoms with Crippen molar-refractivity contribution in [2.24, 2.45) is 11.8 Å². The number of hydrogen-bond acceptors (Lipinski definition) is 0. The van der Waals surface area contributed by atoms with Crippen LogP contribution in [-0.2, 0) is 0 Å². The molecule has 0 heterocycles. The van der Waals surface area contributed by atoms with Gasteiger partial charge >= 0.3 is 0 Å². The normalized spacial score (nSPS) is 13.7. The van der Waals surface area contributed by atoms with Gasteiger partial charge in [-0.2, -0.15) is 0 Å². The van der Waals surface area contributed by atoms with E-state index in [0.29, 0.717) is 0 Å². The van der Waals surface area contributed by atoms with Gasteiger partial charge < -0.3 is 0 Å². The van der Waals surface area contributed by atoms with Crippen molar-refractivity contribution in [1.29, 1.82) is 0 Å². The van der Waals surface area contributed by atoms with Gasteiger partial charge in [-0.15, -0.1) is 11.8 Å². The Balaban J connectivity index is 3.60. The van der Waals surface area contributed by atoms with Gasteiger partial charge in [0.1, 0.15) is 0 Å². The summed E-state index contributed by atoms with van der Waals surface area (Å²) in [6.45, 7) is 12.5. The smallest absolute Gasteiger partial charge is 0.00887 e. The predicted molar refractivity (Wildman–Crippen MR) is 87.6 cm³/mol. The molecule has 0 saturated carbocycles. The average Bonchev–Trinajstić information content (AvgIpc) is 2.42. The van der Waals surface area contributed by atoms with Crippen molar-refractivity contribution >= 4 is 0 Å². The van der Waals surface area contributed by atoms with E-state index in [9.17, 15) is 0 Å². The van der Waals surface area contributed by atoms with Gasteiger partial charge in [0.25, 0.3) is 0 Å². The summed E-state index contributed by atoms with van der Waals surface area (Å²) in [5.41, 5.74) is 0. The Labute approximate surface area is 122 Å². The van der Waals surface area contributed by atoms with Gasteiger partial charge in [0.2, 0.25) is 0 Å². The molecule has 0 spiro atoms. The third kappa shape index (κ3) is 12.3. The lowest BCUT2D eigenvalue weighted by molar-refractivity contribution is 0.338. The van der Waals surface area contributed by atoms with Crippen LogP contribution in [0.25, 0.3) is 0 Å². The lowest BCUT2D eigenvalue weighted by Gasteiger charge is -2.19. The first-order valence-electron chi connectivity index (χ1n) is 8.28. The number of hydrogen-bond donors (Lipinski definition) is 0. The van der Waals surface area contributed by atoms with Crippen molar-refractivity contribution in [3.05, 3.63) is 13.8 Å². The summed E-state index contributed by atoms with van der Waals surface area (Å²) in [5.74, 6) is 8.31. The monoisotopic (exact) mass is 262 g/mol. The average molecular weight is 262 g/mol. The van der Waals surface area contributed by atoms with Crippen LogP contribution in [0.1, 0.15) is 84.5 Å². The van der Waals surface area contributed by atoms with Crippen LogP contribution in [0.4, 0.5) is 0 Å². The quantitative estimate of drug-likeness (QED) is 0.306. The molecule has 0 heteroatoms. The lowest BCUT2D eigenvalue weighted by atomic mass is 9.87. The highest BCUT2D eigenvalue weighted by atomic mass is 14.2. The van der Waals surface area contributed by atoms with Crippen LogP contribution >= 0.6 is 0 Å². The molecule has 0 fully saturated rings. The Morgan fingerprint density at radius 3 is 2.11 bits per heavy atom. The predicted octanol–water partition coefficient (Wildman–Crippen LogP) is 6.22. The maximum absolute atomic E-state index is 3.94. The van der Waals surface area contributed by atoms with Crippen LogP contribution < -0.4 is 0 Å². The van der Waals surface area contributed by atoms with Crippen molar-refractivity contribution in [2.75, 3.05) is 0 Å². The van der Waals surface area contributed by atoms with Crippen LogP contribution in [0, 0.1) is 37.5 Å². The van der Waals surface area contributed by atoms with E-state index in [4.69, 9.17) is 0 Å². The van der Waals surface area contributed by atoms with Gasteiger partial charge in [-0.25, -0.2) is 0 Å². The lowest BCUT2D eigenvalue weighted by Crippen LogP contribution is -2.06. The molecule has 19 heavy (non-hydrogen) atoms. The molecular weight excluding hydrogens is 228 g/mol. The van der Waals surface area contributed by atoms with Crippen LogP contribution in [0.3, 0.4) is 0 Å². The third-order valence-corrected chi connectivity index (χ3v) is 3.85. The minimum atomic E-state index is 0.858. The summed E-state index contributed by atoms with van der Waals surface area (Å²) in [5, 5.41) is 0. The van der Waals surface area contributed by atoms with Gasteiger partial charge in [-0.05, 0) is 37.5 Å². The molecule has 2 unspecified atom stereocenters. The van der Waals surface area contributed by atoms with E-state index in [1.807, 2.05) is 0 Å². The second-order valence-corrected chi connectivity index (χ2v) is 5.81. The molecule has 0 saturated heterocycles. The fourth-order valence-electron chi connectivity index (χ4n) is 2.54. The molecule has 0 aromatic carbocycles. The molecule has 0 aliphatic carbocycles. The first-order chi connectivity index (χ1) is 9.24. The summed E-state index contributed by atoms with van der Waals surface area (Å²) in [6, 6.07) is 0. The van der Waals surface area contributed by atoms with Gasteiger partial charge in [0, 0.05) is 12.8 Å².